The third kappa shape index (κ3) is 4.09. The van der Waals surface area contributed by atoms with Crippen LogP contribution in [0.2, 0.25) is 0 Å². The topological polar surface area (TPSA) is 61.9 Å². The molecule has 19 heavy (non-hydrogen) atoms. The van der Waals surface area contributed by atoms with Crippen molar-refractivity contribution in [2.45, 2.75) is 37.8 Å². The molecule has 0 saturated heterocycles. The van der Waals surface area contributed by atoms with Crippen LogP contribution in [-0.2, 0) is 4.79 Å². The van der Waals surface area contributed by atoms with Crippen molar-refractivity contribution in [3.05, 3.63) is 18.0 Å². The van der Waals surface area contributed by atoms with Gasteiger partial charge in [-0.05, 0) is 26.7 Å². The Balaban J connectivity index is 1.82. The molecule has 6 heteroatoms. The van der Waals surface area contributed by atoms with Crippen molar-refractivity contribution in [3.63, 3.8) is 0 Å². The third-order valence-electron chi connectivity index (χ3n) is 2.97. The molecular formula is C13H20N4OS. The van der Waals surface area contributed by atoms with Gasteiger partial charge in [0, 0.05) is 19.0 Å². The van der Waals surface area contributed by atoms with Crippen LogP contribution in [0, 0.1) is 0 Å². The van der Waals surface area contributed by atoms with Crippen LogP contribution in [0.15, 0.2) is 17.3 Å². The summed E-state index contributed by atoms with van der Waals surface area (Å²) < 4.78 is 0. The SMILES string of the molecule is C=C(C)CN(CC)C(=O)CSc1n[nH]c(C2CC2)n1. The molecule has 0 spiro atoms. The molecule has 1 aromatic rings. The van der Waals surface area contributed by atoms with Crippen LogP contribution >= 0.6 is 11.8 Å². The molecule has 1 heterocycles. The molecule has 1 aliphatic carbocycles. The smallest absolute Gasteiger partial charge is 0.233 e. The minimum absolute atomic E-state index is 0.105. The number of likely N-dealkylation sites (N-methyl/N-ethyl adjacent to an activating group) is 1. The van der Waals surface area contributed by atoms with Crippen molar-refractivity contribution in [1.82, 2.24) is 20.1 Å². The van der Waals surface area contributed by atoms with E-state index in [9.17, 15) is 4.79 Å². The molecule has 104 valence electrons. The zero-order chi connectivity index (χ0) is 13.8. The Morgan fingerprint density at radius 2 is 2.32 bits per heavy atom. The van der Waals surface area contributed by atoms with Crippen molar-refractivity contribution in [1.29, 1.82) is 0 Å². The van der Waals surface area contributed by atoms with E-state index in [-0.39, 0.29) is 5.91 Å². The molecule has 1 aromatic heterocycles. The lowest BCUT2D eigenvalue weighted by Crippen LogP contribution is -2.33. The zero-order valence-electron chi connectivity index (χ0n) is 11.5. The van der Waals surface area contributed by atoms with Crippen LogP contribution in [0.25, 0.3) is 0 Å². The van der Waals surface area contributed by atoms with Crippen molar-refractivity contribution < 1.29 is 4.79 Å². The van der Waals surface area contributed by atoms with Gasteiger partial charge < -0.3 is 4.90 Å². The average molecular weight is 280 g/mol. The van der Waals surface area contributed by atoms with Crippen LogP contribution in [0.4, 0.5) is 0 Å². The summed E-state index contributed by atoms with van der Waals surface area (Å²) >= 11 is 1.39. The molecule has 1 aliphatic rings. The van der Waals surface area contributed by atoms with E-state index < -0.39 is 0 Å². The van der Waals surface area contributed by atoms with Gasteiger partial charge in [-0.2, -0.15) is 0 Å². The number of thioether (sulfide) groups is 1. The summed E-state index contributed by atoms with van der Waals surface area (Å²) in [5.41, 5.74) is 0.995. The summed E-state index contributed by atoms with van der Waals surface area (Å²) in [4.78, 5) is 18.2. The van der Waals surface area contributed by atoms with E-state index >= 15 is 0 Å². The molecule has 1 N–H and O–H groups in total. The second kappa shape index (κ2) is 6.23. The number of nitrogens with zero attached hydrogens (tertiary/aromatic N) is 3. The van der Waals surface area contributed by atoms with Crippen molar-refractivity contribution >= 4 is 17.7 Å². The number of carbonyl (C=O) groups excluding carboxylic acids is 1. The normalized spacial score (nSPS) is 14.4. The Kier molecular flexibility index (Phi) is 4.63. The number of carbonyl (C=O) groups is 1. The van der Waals surface area contributed by atoms with Crippen LogP contribution in [-0.4, -0.2) is 44.8 Å². The maximum absolute atomic E-state index is 12.0. The van der Waals surface area contributed by atoms with Gasteiger partial charge in [0.05, 0.1) is 5.75 Å². The average Bonchev–Trinajstić information content (AvgIpc) is 3.12. The van der Waals surface area contributed by atoms with Crippen LogP contribution in [0.1, 0.15) is 38.4 Å². The summed E-state index contributed by atoms with van der Waals surface area (Å²) in [5, 5.41) is 7.75. The van der Waals surface area contributed by atoms with Crippen molar-refractivity contribution in [3.8, 4) is 0 Å². The molecule has 1 fully saturated rings. The maximum atomic E-state index is 12.0. The number of hydrogen-bond acceptors (Lipinski definition) is 4. The first kappa shape index (κ1) is 14.1. The van der Waals surface area contributed by atoms with E-state index in [2.05, 4.69) is 21.8 Å². The van der Waals surface area contributed by atoms with Gasteiger partial charge in [0.2, 0.25) is 11.1 Å². The second-order valence-corrected chi connectivity index (χ2v) is 5.87. The third-order valence-corrected chi connectivity index (χ3v) is 3.80. The van der Waals surface area contributed by atoms with Gasteiger partial charge in [-0.15, -0.1) is 5.10 Å². The molecule has 1 amide bonds. The highest BCUT2D eigenvalue weighted by atomic mass is 32.2. The molecule has 1 saturated carbocycles. The van der Waals surface area contributed by atoms with Gasteiger partial charge in [-0.1, -0.05) is 23.9 Å². The van der Waals surface area contributed by atoms with Gasteiger partial charge in [-0.3, -0.25) is 9.89 Å². The van der Waals surface area contributed by atoms with E-state index in [1.807, 2.05) is 13.8 Å². The van der Waals surface area contributed by atoms with Crippen molar-refractivity contribution in [2.75, 3.05) is 18.8 Å². The summed E-state index contributed by atoms with van der Waals surface area (Å²) in [6, 6.07) is 0. The monoisotopic (exact) mass is 280 g/mol. The number of amides is 1. The number of nitrogens with one attached hydrogen (secondary N) is 1. The lowest BCUT2D eigenvalue weighted by molar-refractivity contribution is -0.127. The Morgan fingerprint density at radius 3 is 2.89 bits per heavy atom. The van der Waals surface area contributed by atoms with Gasteiger partial charge in [0.25, 0.3) is 0 Å². The van der Waals surface area contributed by atoms with E-state index in [1.54, 1.807) is 4.90 Å². The number of rotatable bonds is 7. The summed E-state index contributed by atoms with van der Waals surface area (Å²) in [6.07, 6.45) is 2.39. The predicted molar refractivity (Wildman–Crippen MR) is 76.1 cm³/mol. The van der Waals surface area contributed by atoms with Gasteiger partial charge in [0.1, 0.15) is 5.82 Å². The van der Waals surface area contributed by atoms with E-state index in [0.29, 0.717) is 29.9 Å². The maximum Gasteiger partial charge on any atom is 0.233 e. The Labute approximate surface area is 117 Å². The minimum Gasteiger partial charge on any atom is -0.338 e. The number of aromatic nitrogens is 3. The molecule has 0 radical (unpaired) electrons. The largest absolute Gasteiger partial charge is 0.338 e. The lowest BCUT2D eigenvalue weighted by atomic mass is 10.3. The zero-order valence-corrected chi connectivity index (χ0v) is 12.3. The Hall–Kier alpha value is -1.30. The fraction of sp³-hybridized carbons (Fsp3) is 0.615. The number of H-pyrrole nitrogens is 1. The molecule has 5 nitrogen and oxygen atoms in total. The summed E-state index contributed by atoms with van der Waals surface area (Å²) in [5.74, 6) is 2.01. The molecule has 0 bridgehead atoms. The number of aromatic amines is 1. The van der Waals surface area contributed by atoms with Gasteiger partial charge in [0.15, 0.2) is 0 Å². The van der Waals surface area contributed by atoms with Crippen molar-refractivity contribution in [2.24, 2.45) is 0 Å². The lowest BCUT2D eigenvalue weighted by Gasteiger charge is -2.20. The quantitative estimate of drug-likeness (QED) is 0.614. The Morgan fingerprint density at radius 1 is 1.58 bits per heavy atom. The first-order valence-corrected chi connectivity index (χ1v) is 7.56. The molecular weight excluding hydrogens is 260 g/mol. The minimum atomic E-state index is 0.105. The highest BCUT2D eigenvalue weighted by molar-refractivity contribution is 7.99. The van der Waals surface area contributed by atoms with Crippen LogP contribution in [0.5, 0.6) is 0 Å². The standard InChI is InChI=1S/C13H20N4OS/c1-4-17(7-9(2)3)11(18)8-19-13-14-12(15-16-13)10-5-6-10/h10H,2,4-8H2,1,3H3,(H,14,15,16). The van der Waals surface area contributed by atoms with E-state index in [0.717, 1.165) is 11.4 Å². The summed E-state index contributed by atoms with van der Waals surface area (Å²) in [7, 11) is 0. The van der Waals surface area contributed by atoms with E-state index in [1.165, 1.54) is 24.6 Å². The molecule has 0 atom stereocenters. The fourth-order valence-corrected chi connectivity index (χ4v) is 2.49. The van der Waals surface area contributed by atoms with Gasteiger partial charge >= 0.3 is 0 Å². The predicted octanol–water partition coefficient (Wildman–Crippen LogP) is 2.20. The van der Waals surface area contributed by atoms with Gasteiger partial charge in [-0.25, -0.2) is 4.98 Å². The Bertz CT molecular complexity index is 467. The second-order valence-electron chi connectivity index (χ2n) is 4.93. The molecule has 2 rings (SSSR count). The molecule has 0 aromatic carbocycles. The highest BCUT2D eigenvalue weighted by Crippen LogP contribution is 2.38. The summed E-state index contributed by atoms with van der Waals surface area (Å²) in [6.45, 7) is 9.07. The van der Waals surface area contributed by atoms with Crippen LogP contribution < -0.4 is 0 Å². The number of hydrogen-bond donors (Lipinski definition) is 1. The van der Waals surface area contributed by atoms with Crippen LogP contribution in [0.3, 0.4) is 0 Å². The molecule has 0 aliphatic heterocycles. The fourth-order valence-electron chi connectivity index (χ4n) is 1.78. The van der Waals surface area contributed by atoms with E-state index in [4.69, 9.17) is 0 Å². The highest BCUT2D eigenvalue weighted by Gasteiger charge is 2.27. The first-order valence-electron chi connectivity index (χ1n) is 6.57. The molecule has 0 unspecified atom stereocenters. The first-order chi connectivity index (χ1) is 9.10.